The van der Waals surface area contributed by atoms with Crippen LogP contribution in [-0.2, 0) is 9.84 Å². The minimum Gasteiger partial charge on any atom is -0.495 e. The van der Waals surface area contributed by atoms with Crippen molar-refractivity contribution in [3.63, 3.8) is 0 Å². The molecule has 0 N–H and O–H groups in total. The molecule has 19 heavy (non-hydrogen) atoms. The summed E-state index contributed by atoms with van der Waals surface area (Å²) in [5, 5.41) is 0. The van der Waals surface area contributed by atoms with Gasteiger partial charge in [0.05, 0.1) is 29.6 Å². The average Bonchev–Trinajstić information content (AvgIpc) is 2.47. The molecule has 0 aliphatic rings. The zero-order chi connectivity index (χ0) is 13.9. The minimum atomic E-state index is -3.33. The van der Waals surface area contributed by atoms with Crippen LogP contribution in [0.15, 0.2) is 41.6 Å². The number of aromatic nitrogens is 2. The topological polar surface area (TPSA) is 69.2 Å². The van der Waals surface area contributed by atoms with E-state index >= 15 is 0 Å². The molecule has 2 heterocycles. The highest BCUT2D eigenvalue weighted by Crippen LogP contribution is 2.25. The van der Waals surface area contributed by atoms with Crippen LogP contribution in [0.4, 0.5) is 0 Å². The summed E-state index contributed by atoms with van der Waals surface area (Å²) in [4.78, 5) is 8.52. The van der Waals surface area contributed by atoms with Crippen LogP contribution in [0.1, 0.15) is 6.92 Å². The van der Waals surface area contributed by atoms with Gasteiger partial charge in [0, 0.05) is 6.20 Å². The molecule has 0 fully saturated rings. The number of rotatable bonds is 4. The maximum atomic E-state index is 12.0. The lowest BCUT2D eigenvalue weighted by atomic mass is 10.2. The summed E-state index contributed by atoms with van der Waals surface area (Å²) in [7, 11) is -1.78. The van der Waals surface area contributed by atoms with E-state index in [1.807, 2.05) is 0 Å². The molecule has 0 bridgehead atoms. The number of ether oxygens (including phenoxy) is 1. The van der Waals surface area contributed by atoms with Crippen LogP contribution in [0.3, 0.4) is 0 Å². The van der Waals surface area contributed by atoms with E-state index in [1.165, 1.54) is 6.20 Å². The predicted molar refractivity (Wildman–Crippen MR) is 71.7 cm³/mol. The summed E-state index contributed by atoms with van der Waals surface area (Å²) in [5.41, 5.74) is 0.875. The first-order valence-corrected chi connectivity index (χ1v) is 7.42. The molecule has 0 radical (unpaired) electrons. The van der Waals surface area contributed by atoms with Crippen molar-refractivity contribution in [2.75, 3.05) is 12.9 Å². The molecule has 0 atom stereocenters. The molecule has 2 aromatic rings. The van der Waals surface area contributed by atoms with Gasteiger partial charge in [0.15, 0.2) is 9.84 Å². The lowest BCUT2D eigenvalue weighted by Crippen LogP contribution is -2.07. The molecule has 0 amide bonds. The Labute approximate surface area is 112 Å². The summed E-state index contributed by atoms with van der Waals surface area (Å²) < 4.78 is 29.1. The Kier molecular flexibility index (Phi) is 3.80. The van der Waals surface area contributed by atoms with Gasteiger partial charge in [-0.2, -0.15) is 0 Å². The van der Waals surface area contributed by atoms with E-state index in [0.29, 0.717) is 17.1 Å². The fourth-order valence-corrected chi connectivity index (χ4v) is 2.68. The van der Waals surface area contributed by atoms with Crippen LogP contribution in [-0.4, -0.2) is 31.2 Å². The monoisotopic (exact) mass is 278 g/mol. The van der Waals surface area contributed by atoms with Gasteiger partial charge in [0.1, 0.15) is 11.4 Å². The number of pyridine rings is 2. The van der Waals surface area contributed by atoms with Crippen molar-refractivity contribution in [3.8, 4) is 17.1 Å². The Morgan fingerprint density at radius 1 is 1.21 bits per heavy atom. The Bertz CT molecular complexity index is 667. The molecule has 0 saturated carbocycles. The van der Waals surface area contributed by atoms with Crippen molar-refractivity contribution in [3.05, 3.63) is 36.7 Å². The number of hydrogen-bond donors (Lipinski definition) is 0. The zero-order valence-corrected chi connectivity index (χ0v) is 11.5. The fraction of sp³-hybridized carbons (Fsp3) is 0.231. The summed E-state index contributed by atoms with van der Waals surface area (Å²) in [6.45, 7) is 1.60. The minimum absolute atomic E-state index is 0.0296. The van der Waals surface area contributed by atoms with E-state index < -0.39 is 9.84 Å². The first-order valence-electron chi connectivity index (χ1n) is 5.76. The highest BCUT2D eigenvalue weighted by Gasteiger charge is 2.19. The predicted octanol–water partition coefficient (Wildman–Crippen LogP) is 1.95. The zero-order valence-electron chi connectivity index (χ0n) is 10.7. The van der Waals surface area contributed by atoms with Gasteiger partial charge in [0.2, 0.25) is 0 Å². The van der Waals surface area contributed by atoms with Gasteiger partial charge in [-0.3, -0.25) is 9.97 Å². The van der Waals surface area contributed by atoms with Gasteiger partial charge in [-0.25, -0.2) is 8.42 Å². The van der Waals surface area contributed by atoms with Crippen LogP contribution < -0.4 is 4.74 Å². The lowest BCUT2D eigenvalue weighted by molar-refractivity contribution is 0.413. The first kappa shape index (κ1) is 13.5. The molecule has 0 aromatic carbocycles. The van der Waals surface area contributed by atoms with Gasteiger partial charge in [-0.05, 0) is 24.3 Å². The van der Waals surface area contributed by atoms with Crippen LogP contribution in [0.25, 0.3) is 11.4 Å². The third-order valence-corrected chi connectivity index (χ3v) is 4.46. The molecule has 100 valence electrons. The smallest absolute Gasteiger partial charge is 0.180 e. The molecule has 0 aliphatic carbocycles. The second-order valence-corrected chi connectivity index (χ2v) is 6.08. The van der Waals surface area contributed by atoms with E-state index in [1.54, 1.807) is 44.5 Å². The highest BCUT2D eigenvalue weighted by atomic mass is 32.2. The van der Waals surface area contributed by atoms with E-state index in [-0.39, 0.29) is 10.6 Å². The fourth-order valence-electron chi connectivity index (χ4n) is 1.63. The lowest BCUT2D eigenvalue weighted by Gasteiger charge is -2.08. The molecule has 0 spiro atoms. The molecular weight excluding hydrogens is 264 g/mol. The molecule has 2 aromatic heterocycles. The second kappa shape index (κ2) is 5.36. The number of sulfone groups is 1. The molecule has 0 unspecified atom stereocenters. The maximum Gasteiger partial charge on any atom is 0.180 e. The number of methoxy groups -OCH3 is 1. The Balaban J connectivity index is 2.56. The summed E-state index contributed by atoms with van der Waals surface area (Å²) >= 11 is 0. The Hall–Kier alpha value is -1.95. The third kappa shape index (κ3) is 2.73. The number of hydrogen-bond acceptors (Lipinski definition) is 5. The van der Waals surface area contributed by atoms with Crippen LogP contribution in [0, 0.1) is 0 Å². The maximum absolute atomic E-state index is 12.0. The first-order chi connectivity index (χ1) is 9.08. The molecular formula is C13H14N2O3S. The van der Waals surface area contributed by atoms with Gasteiger partial charge in [-0.1, -0.05) is 6.92 Å². The quantitative estimate of drug-likeness (QED) is 0.855. The van der Waals surface area contributed by atoms with Gasteiger partial charge in [0.25, 0.3) is 0 Å². The standard InChI is InChI=1S/C13H14N2O3S/c1-3-19(16,17)12-5-4-8-14-13(12)11-7-6-10(18-2)9-15-11/h4-9H,3H2,1-2H3. The largest absolute Gasteiger partial charge is 0.495 e. The van der Waals surface area contributed by atoms with Gasteiger partial charge < -0.3 is 4.74 Å². The van der Waals surface area contributed by atoms with Crippen LogP contribution in [0.5, 0.6) is 5.75 Å². The Morgan fingerprint density at radius 2 is 2.00 bits per heavy atom. The van der Waals surface area contributed by atoms with Crippen molar-refractivity contribution in [1.29, 1.82) is 0 Å². The average molecular weight is 278 g/mol. The summed E-state index contributed by atoms with van der Waals surface area (Å²) in [6, 6.07) is 6.57. The van der Waals surface area contributed by atoms with Crippen LogP contribution in [0.2, 0.25) is 0 Å². The third-order valence-electron chi connectivity index (χ3n) is 2.70. The highest BCUT2D eigenvalue weighted by molar-refractivity contribution is 7.91. The van der Waals surface area contributed by atoms with Crippen LogP contribution >= 0.6 is 0 Å². The van der Waals surface area contributed by atoms with Crippen molar-refractivity contribution in [2.24, 2.45) is 0 Å². The molecule has 2 rings (SSSR count). The van der Waals surface area contributed by atoms with E-state index in [0.717, 1.165) is 0 Å². The van der Waals surface area contributed by atoms with Crippen molar-refractivity contribution < 1.29 is 13.2 Å². The Morgan fingerprint density at radius 3 is 2.58 bits per heavy atom. The number of nitrogens with zero attached hydrogens (tertiary/aromatic N) is 2. The summed E-state index contributed by atoms with van der Waals surface area (Å²) in [6.07, 6.45) is 3.09. The van der Waals surface area contributed by atoms with Gasteiger partial charge >= 0.3 is 0 Å². The molecule has 5 nitrogen and oxygen atoms in total. The van der Waals surface area contributed by atoms with Crippen molar-refractivity contribution >= 4 is 9.84 Å². The van der Waals surface area contributed by atoms with E-state index in [9.17, 15) is 8.42 Å². The molecule has 0 aliphatic heterocycles. The van der Waals surface area contributed by atoms with E-state index in [4.69, 9.17) is 4.74 Å². The van der Waals surface area contributed by atoms with Crippen molar-refractivity contribution in [1.82, 2.24) is 9.97 Å². The second-order valence-electron chi connectivity index (χ2n) is 3.84. The normalized spacial score (nSPS) is 11.3. The van der Waals surface area contributed by atoms with E-state index in [2.05, 4.69) is 9.97 Å². The van der Waals surface area contributed by atoms with Crippen molar-refractivity contribution in [2.45, 2.75) is 11.8 Å². The molecule has 0 saturated heterocycles. The van der Waals surface area contributed by atoms with Gasteiger partial charge in [-0.15, -0.1) is 0 Å². The summed E-state index contributed by atoms with van der Waals surface area (Å²) in [5.74, 6) is 0.640. The molecule has 6 heteroatoms. The SMILES string of the molecule is CCS(=O)(=O)c1cccnc1-c1ccc(OC)cn1.